The number of nitrogens with zero attached hydrogens (tertiary/aromatic N) is 1. The van der Waals surface area contributed by atoms with Gasteiger partial charge in [0.1, 0.15) is 5.60 Å². The molecule has 0 aliphatic carbocycles. The molecular weight excluding hydrogens is 344 g/mol. The highest BCUT2D eigenvalue weighted by Gasteiger charge is 2.26. The third-order valence-corrected chi connectivity index (χ3v) is 4.75. The maximum Gasteiger partial charge on any atom is 0.410 e. The Kier molecular flexibility index (Phi) is 5.37. The van der Waals surface area contributed by atoms with Crippen LogP contribution in [0, 0.1) is 6.92 Å². The number of anilines is 1. The summed E-state index contributed by atoms with van der Waals surface area (Å²) in [5.41, 5.74) is 1.91. The number of aryl methyl sites for hydroxylation is 1. The first-order valence-corrected chi connectivity index (χ1v) is 8.55. The molecule has 1 heterocycles. The summed E-state index contributed by atoms with van der Waals surface area (Å²) in [6.45, 7) is 9.24. The Hall–Kier alpha value is -1.23. The van der Waals surface area contributed by atoms with Gasteiger partial charge >= 0.3 is 6.09 Å². The maximum absolute atomic E-state index is 12.1. The molecule has 0 unspecified atom stereocenters. The summed E-state index contributed by atoms with van der Waals surface area (Å²) in [5.74, 6) is 0. The number of amides is 1. The van der Waals surface area contributed by atoms with E-state index in [2.05, 4.69) is 46.4 Å². The number of piperidine rings is 1. The third kappa shape index (κ3) is 4.63. The van der Waals surface area contributed by atoms with Gasteiger partial charge in [0.2, 0.25) is 0 Å². The minimum atomic E-state index is -0.432. The van der Waals surface area contributed by atoms with Crippen molar-refractivity contribution in [2.24, 2.45) is 0 Å². The Labute approximate surface area is 141 Å². The SMILES string of the molecule is Cc1cccc(NC2CCN(C(=O)OC(C)(C)C)CC2)c1Br. The summed E-state index contributed by atoms with van der Waals surface area (Å²) >= 11 is 3.63. The van der Waals surface area contributed by atoms with E-state index in [1.165, 1.54) is 5.56 Å². The Bertz CT molecular complexity index is 532. The van der Waals surface area contributed by atoms with E-state index >= 15 is 0 Å². The number of hydrogen-bond donors (Lipinski definition) is 1. The summed E-state index contributed by atoms with van der Waals surface area (Å²) in [6.07, 6.45) is 1.65. The van der Waals surface area contributed by atoms with Gasteiger partial charge in [-0.25, -0.2) is 4.79 Å². The van der Waals surface area contributed by atoms with Gasteiger partial charge in [0.05, 0.1) is 0 Å². The number of carbonyl (C=O) groups is 1. The molecule has 1 saturated heterocycles. The van der Waals surface area contributed by atoms with Gasteiger partial charge in [0.25, 0.3) is 0 Å². The number of nitrogens with one attached hydrogen (secondary N) is 1. The Morgan fingerprint density at radius 1 is 1.32 bits per heavy atom. The van der Waals surface area contributed by atoms with Crippen molar-refractivity contribution < 1.29 is 9.53 Å². The van der Waals surface area contributed by atoms with E-state index in [0.29, 0.717) is 6.04 Å². The lowest BCUT2D eigenvalue weighted by molar-refractivity contribution is 0.0210. The number of ether oxygens (including phenoxy) is 1. The van der Waals surface area contributed by atoms with Crippen LogP contribution in [-0.4, -0.2) is 35.7 Å². The van der Waals surface area contributed by atoms with Gasteiger partial charge < -0.3 is 15.0 Å². The largest absolute Gasteiger partial charge is 0.444 e. The van der Waals surface area contributed by atoms with Crippen molar-refractivity contribution in [1.82, 2.24) is 4.90 Å². The number of carbonyl (C=O) groups excluding carboxylic acids is 1. The Balaban J connectivity index is 1.87. The summed E-state index contributed by atoms with van der Waals surface area (Å²) in [5, 5.41) is 3.57. The second-order valence-electron chi connectivity index (χ2n) is 6.82. The number of rotatable bonds is 2. The standard InChI is InChI=1S/C17H25BrN2O2/c1-12-6-5-7-14(15(12)18)19-13-8-10-20(11-9-13)16(21)22-17(2,3)4/h5-7,13,19H,8-11H2,1-4H3. The van der Waals surface area contributed by atoms with E-state index < -0.39 is 5.60 Å². The van der Waals surface area contributed by atoms with Crippen LogP contribution in [0.25, 0.3) is 0 Å². The molecule has 0 bridgehead atoms. The van der Waals surface area contributed by atoms with Crippen LogP contribution in [0.3, 0.4) is 0 Å². The number of likely N-dealkylation sites (tertiary alicyclic amines) is 1. The lowest BCUT2D eigenvalue weighted by Crippen LogP contribution is -2.44. The van der Waals surface area contributed by atoms with Gasteiger partial charge in [-0.15, -0.1) is 0 Å². The lowest BCUT2D eigenvalue weighted by Gasteiger charge is -2.34. The maximum atomic E-state index is 12.1. The number of hydrogen-bond acceptors (Lipinski definition) is 3. The number of benzene rings is 1. The fourth-order valence-electron chi connectivity index (χ4n) is 2.51. The molecular formula is C17H25BrN2O2. The van der Waals surface area contributed by atoms with Gasteiger partial charge in [-0.2, -0.15) is 0 Å². The van der Waals surface area contributed by atoms with E-state index in [-0.39, 0.29) is 6.09 Å². The van der Waals surface area contributed by atoms with E-state index in [0.717, 1.165) is 36.1 Å². The molecule has 0 atom stereocenters. The normalized spacial score (nSPS) is 16.5. The molecule has 22 heavy (non-hydrogen) atoms. The highest BCUT2D eigenvalue weighted by Crippen LogP contribution is 2.28. The second-order valence-corrected chi connectivity index (χ2v) is 7.62. The molecule has 1 aromatic carbocycles. The molecule has 0 radical (unpaired) electrons. The van der Waals surface area contributed by atoms with Crippen LogP contribution in [0.5, 0.6) is 0 Å². The molecule has 1 aliphatic heterocycles. The molecule has 0 saturated carbocycles. The predicted molar refractivity (Wildman–Crippen MR) is 93.3 cm³/mol. The summed E-state index contributed by atoms with van der Waals surface area (Å²) in [7, 11) is 0. The van der Waals surface area contributed by atoms with Crippen molar-refractivity contribution in [3.63, 3.8) is 0 Å². The van der Waals surface area contributed by atoms with Gasteiger partial charge in [0, 0.05) is 29.3 Å². The summed E-state index contributed by atoms with van der Waals surface area (Å²) < 4.78 is 6.54. The molecule has 1 aromatic rings. The zero-order chi connectivity index (χ0) is 16.3. The molecule has 1 aliphatic rings. The fraction of sp³-hybridized carbons (Fsp3) is 0.588. The zero-order valence-corrected chi connectivity index (χ0v) is 15.4. The molecule has 1 N–H and O–H groups in total. The van der Waals surface area contributed by atoms with Crippen molar-refractivity contribution in [1.29, 1.82) is 0 Å². The first kappa shape index (κ1) is 17.1. The highest BCUT2D eigenvalue weighted by atomic mass is 79.9. The van der Waals surface area contributed by atoms with Gasteiger partial charge in [-0.3, -0.25) is 0 Å². The molecule has 2 rings (SSSR count). The van der Waals surface area contributed by atoms with Crippen molar-refractivity contribution in [3.8, 4) is 0 Å². The van der Waals surface area contributed by atoms with Crippen LogP contribution in [-0.2, 0) is 4.74 Å². The van der Waals surface area contributed by atoms with Crippen molar-refractivity contribution in [2.75, 3.05) is 18.4 Å². The highest BCUT2D eigenvalue weighted by molar-refractivity contribution is 9.10. The summed E-state index contributed by atoms with van der Waals surface area (Å²) in [4.78, 5) is 13.9. The van der Waals surface area contributed by atoms with Gasteiger partial charge in [-0.1, -0.05) is 12.1 Å². The van der Waals surface area contributed by atoms with E-state index in [1.807, 2.05) is 20.8 Å². The van der Waals surface area contributed by atoms with Gasteiger partial charge in [-0.05, 0) is 68.1 Å². The first-order valence-electron chi connectivity index (χ1n) is 7.76. The van der Waals surface area contributed by atoms with Crippen LogP contribution < -0.4 is 5.32 Å². The average Bonchev–Trinajstić information content (AvgIpc) is 2.43. The van der Waals surface area contributed by atoms with Crippen LogP contribution >= 0.6 is 15.9 Å². The molecule has 122 valence electrons. The van der Waals surface area contributed by atoms with Crippen LogP contribution in [0.4, 0.5) is 10.5 Å². The minimum absolute atomic E-state index is 0.206. The van der Waals surface area contributed by atoms with Crippen LogP contribution in [0.15, 0.2) is 22.7 Å². The monoisotopic (exact) mass is 368 g/mol. The molecule has 0 aromatic heterocycles. The smallest absolute Gasteiger partial charge is 0.410 e. The minimum Gasteiger partial charge on any atom is -0.444 e. The molecule has 4 nitrogen and oxygen atoms in total. The molecule has 0 spiro atoms. The van der Waals surface area contributed by atoms with Crippen LogP contribution in [0.2, 0.25) is 0 Å². The molecule has 1 fully saturated rings. The topological polar surface area (TPSA) is 41.6 Å². The van der Waals surface area contributed by atoms with Crippen molar-refractivity contribution in [2.45, 2.75) is 52.2 Å². The van der Waals surface area contributed by atoms with E-state index in [1.54, 1.807) is 4.90 Å². The fourth-order valence-corrected chi connectivity index (χ4v) is 2.89. The quantitative estimate of drug-likeness (QED) is 0.830. The number of halogens is 1. The van der Waals surface area contributed by atoms with Gasteiger partial charge in [0.15, 0.2) is 0 Å². The molecule has 5 heteroatoms. The second kappa shape index (κ2) is 6.90. The average molecular weight is 369 g/mol. The Morgan fingerprint density at radius 2 is 1.95 bits per heavy atom. The predicted octanol–water partition coefficient (Wildman–Crippen LogP) is 4.57. The van der Waals surface area contributed by atoms with Crippen molar-refractivity contribution >= 4 is 27.7 Å². The van der Waals surface area contributed by atoms with Crippen LogP contribution in [0.1, 0.15) is 39.2 Å². The first-order chi connectivity index (χ1) is 10.3. The Morgan fingerprint density at radius 3 is 2.55 bits per heavy atom. The summed E-state index contributed by atoms with van der Waals surface area (Å²) in [6, 6.07) is 6.60. The molecule has 1 amide bonds. The van der Waals surface area contributed by atoms with E-state index in [4.69, 9.17) is 4.74 Å². The van der Waals surface area contributed by atoms with Crippen molar-refractivity contribution in [3.05, 3.63) is 28.2 Å². The van der Waals surface area contributed by atoms with E-state index in [9.17, 15) is 4.79 Å². The third-order valence-electron chi connectivity index (χ3n) is 3.70. The lowest BCUT2D eigenvalue weighted by atomic mass is 10.0. The zero-order valence-electron chi connectivity index (χ0n) is 13.8.